The van der Waals surface area contributed by atoms with Gasteiger partial charge in [-0.1, -0.05) is 24.3 Å². The van der Waals surface area contributed by atoms with Crippen molar-refractivity contribution in [3.63, 3.8) is 0 Å². The van der Waals surface area contributed by atoms with Crippen LogP contribution in [0.4, 0.5) is 19.0 Å². The van der Waals surface area contributed by atoms with E-state index in [0.29, 0.717) is 16.6 Å². The molecule has 0 saturated carbocycles. The summed E-state index contributed by atoms with van der Waals surface area (Å²) in [5.74, 6) is -1.98. The number of anilines is 1. The van der Waals surface area contributed by atoms with Gasteiger partial charge in [0.05, 0.1) is 28.4 Å². The van der Waals surface area contributed by atoms with Gasteiger partial charge in [0.2, 0.25) is 0 Å². The summed E-state index contributed by atoms with van der Waals surface area (Å²) in [5.41, 5.74) is -0.331. The van der Waals surface area contributed by atoms with Gasteiger partial charge in [-0.15, -0.1) is 0 Å². The highest BCUT2D eigenvalue weighted by molar-refractivity contribution is 6.09. The minimum Gasteiger partial charge on any atom is -0.545 e. The van der Waals surface area contributed by atoms with Crippen LogP contribution < -0.4 is 10.4 Å². The second-order valence-electron chi connectivity index (χ2n) is 8.20. The predicted octanol–water partition coefficient (Wildman–Crippen LogP) is 4.06. The van der Waals surface area contributed by atoms with E-state index in [4.69, 9.17) is 0 Å². The number of benzene rings is 3. The zero-order valence-electron chi connectivity index (χ0n) is 19.2. The van der Waals surface area contributed by atoms with Crippen LogP contribution in [0.3, 0.4) is 0 Å². The lowest BCUT2D eigenvalue weighted by Crippen LogP contribution is -2.22. The number of aromatic carboxylic acids is 1. The summed E-state index contributed by atoms with van der Waals surface area (Å²) in [7, 11) is 1.57. The van der Waals surface area contributed by atoms with Gasteiger partial charge in [-0.2, -0.15) is 23.4 Å². The van der Waals surface area contributed by atoms with Gasteiger partial charge < -0.3 is 15.2 Å². The molecule has 2 heterocycles. The third kappa shape index (κ3) is 4.54. The summed E-state index contributed by atoms with van der Waals surface area (Å²) >= 11 is 0. The van der Waals surface area contributed by atoms with Crippen LogP contribution in [-0.2, 0) is 13.2 Å². The number of aromatic nitrogens is 4. The Labute approximate surface area is 207 Å². The maximum absolute atomic E-state index is 13.7. The largest absolute Gasteiger partial charge is 0.545 e. The van der Waals surface area contributed by atoms with Crippen molar-refractivity contribution in [3.05, 3.63) is 95.7 Å². The second kappa shape index (κ2) is 8.94. The zero-order chi connectivity index (χ0) is 26.3. The van der Waals surface area contributed by atoms with Crippen molar-refractivity contribution >= 4 is 28.6 Å². The van der Waals surface area contributed by atoms with E-state index in [1.54, 1.807) is 37.4 Å². The van der Waals surface area contributed by atoms with Gasteiger partial charge in [-0.05, 0) is 54.1 Å². The summed E-state index contributed by atoms with van der Waals surface area (Å²) in [5, 5.41) is 23.0. The Kier molecular flexibility index (Phi) is 5.75. The summed E-state index contributed by atoms with van der Waals surface area (Å²) in [6.45, 7) is 0. The van der Waals surface area contributed by atoms with Crippen molar-refractivity contribution in [1.29, 1.82) is 0 Å². The van der Waals surface area contributed by atoms with Crippen molar-refractivity contribution < 1.29 is 27.9 Å². The quantitative estimate of drug-likeness (QED) is 0.389. The molecule has 8 nitrogen and oxygen atoms in total. The molecule has 0 atom stereocenters. The SMILES string of the molecule is Cn1ccc(-c2cc(C(=O)Nc3c4cc(C(=O)[O-])ccc4nn3-c3ccccc3)ccc2C(F)(F)F)n1. The molecule has 5 rings (SSSR count). The van der Waals surface area contributed by atoms with E-state index in [1.165, 1.54) is 39.8 Å². The molecule has 0 bridgehead atoms. The number of alkyl halides is 3. The maximum atomic E-state index is 13.7. The smallest absolute Gasteiger partial charge is 0.417 e. The number of halogens is 3. The van der Waals surface area contributed by atoms with Gasteiger partial charge in [0.25, 0.3) is 5.91 Å². The number of nitrogens with one attached hydrogen (secondary N) is 1. The van der Waals surface area contributed by atoms with Gasteiger partial charge in [0, 0.05) is 29.8 Å². The Morgan fingerprint density at radius 3 is 2.30 bits per heavy atom. The highest BCUT2D eigenvalue weighted by atomic mass is 19.4. The van der Waals surface area contributed by atoms with Crippen LogP contribution in [-0.4, -0.2) is 31.4 Å². The molecule has 0 aliphatic rings. The molecule has 1 N–H and O–H groups in total. The molecular formula is C26H17F3N5O3-. The number of nitrogens with zero attached hydrogens (tertiary/aromatic N) is 4. The van der Waals surface area contributed by atoms with Crippen LogP contribution in [0.25, 0.3) is 27.8 Å². The third-order valence-corrected chi connectivity index (χ3v) is 5.72. The highest BCUT2D eigenvalue weighted by Gasteiger charge is 2.34. The van der Waals surface area contributed by atoms with Crippen LogP contribution in [0.15, 0.2) is 79.0 Å². The Morgan fingerprint density at radius 2 is 1.65 bits per heavy atom. The number of para-hydroxylation sites is 1. The number of carbonyl (C=O) groups excluding carboxylic acids is 2. The lowest BCUT2D eigenvalue weighted by atomic mass is 10.0. The van der Waals surface area contributed by atoms with Crippen LogP contribution in [0.5, 0.6) is 0 Å². The fraction of sp³-hybridized carbons (Fsp3) is 0.0769. The lowest BCUT2D eigenvalue weighted by Gasteiger charge is -2.14. The van der Waals surface area contributed by atoms with E-state index in [0.717, 1.165) is 18.2 Å². The molecule has 0 spiro atoms. The molecule has 0 saturated heterocycles. The first-order chi connectivity index (χ1) is 17.6. The standard InChI is InChI=1S/C26H18F3N5O3/c1-33-12-11-22(31-33)18-13-15(7-9-20(18)26(27,28)29)24(35)30-23-19-14-16(25(36)37)8-10-21(19)32-34(23)17-5-3-2-4-6-17/h2-14H,1H3,(H,30,35)(H,36,37)/p-1. The molecule has 0 aliphatic heterocycles. The molecule has 0 unspecified atom stereocenters. The number of amides is 1. The second-order valence-corrected chi connectivity index (χ2v) is 8.20. The van der Waals surface area contributed by atoms with Crippen LogP contribution in [0.1, 0.15) is 26.3 Å². The zero-order valence-corrected chi connectivity index (χ0v) is 19.2. The number of hydrogen-bond acceptors (Lipinski definition) is 5. The average molecular weight is 504 g/mol. The lowest BCUT2D eigenvalue weighted by molar-refractivity contribution is -0.255. The van der Waals surface area contributed by atoms with Crippen LogP contribution in [0.2, 0.25) is 0 Å². The van der Waals surface area contributed by atoms with Crippen molar-refractivity contribution in [3.8, 4) is 16.9 Å². The summed E-state index contributed by atoms with van der Waals surface area (Å²) in [6.07, 6.45) is -3.16. The molecule has 3 aromatic carbocycles. The maximum Gasteiger partial charge on any atom is 0.417 e. The predicted molar refractivity (Wildman–Crippen MR) is 127 cm³/mol. The summed E-state index contributed by atoms with van der Waals surface area (Å²) in [6, 6.07) is 17.4. The molecule has 1 amide bonds. The number of hydrogen-bond donors (Lipinski definition) is 1. The van der Waals surface area contributed by atoms with E-state index in [9.17, 15) is 27.9 Å². The Balaban J connectivity index is 1.62. The molecule has 186 valence electrons. The van der Waals surface area contributed by atoms with E-state index < -0.39 is 23.6 Å². The first-order valence-electron chi connectivity index (χ1n) is 10.9. The molecule has 0 aliphatic carbocycles. The molecular weight excluding hydrogens is 487 g/mol. The monoisotopic (exact) mass is 504 g/mol. The van der Waals surface area contributed by atoms with Crippen LogP contribution in [0, 0.1) is 0 Å². The first-order valence-corrected chi connectivity index (χ1v) is 10.9. The Morgan fingerprint density at radius 1 is 0.919 bits per heavy atom. The van der Waals surface area contributed by atoms with Crippen molar-refractivity contribution in [2.75, 3.05) is 5.32 Å². The summed E-state index contributed by atoms with van der Waals surface area (Å²) in [4.78, 5) is 24.8. The minimum absolute atomic E-state index is 0.0568. The van der Waals surface area contributed by atoms with Gasteiger partial charge in [0.1, 0.15) is 5.82 Å². The average Bonchev–Trinajstić information content (AvgIpc) is 3.47. The first kappa shape index (κ1) is 23.8. The number of fused-ring (bicyclic) bond motifs is 1. The number of carbonyl (C=O) groups is 2. The normalized spacial score (nSPS) is 11.6. The fourth-order valence-electron chi connectivity index (χ4n) is 3.97. The van der Waals surface area contributed by atoms with Crippen molar-refractivity contribution in [2.45, 2.75) is 6.18 Å². The van der Waals surface area contributed by atoms with Gasteiger partial charge in [-0.3, -0.25) is 9.48 Å². The topological polar surface area (TPSA) is 105 Å². The van der Waals surface area contributed by atoms with E-state index >= 15 is 0 Å². The number of carboxylic acid groups (broad SMARTS) is 1. The number of rotatable bonds is 5. The minimum atomic E-state index is -4.66. The molecule has 37 heavy (non-hydrogen) atoms. The Hall–Kier alpha value is -4.93. The highest BCUT2D eigenvalue weighted by Crippen LogP contribution is 2.37. The van der Waals surface area contributed by atoms with E-state index in [-0.39, 0.29) is 28.2 Å². The van der Waals surface area contributed by atoms with E-state index in [1.807, 2.05) is 0 Å². The van der Waals surface area contributed by atoms with E-state index in [2.05, 4.69) is 15.5 Å². The van der Waals surface area contributed by atoms with Crippen molar-refractivity contribution in [2.24, 2.45) is 7.05 Å². The molecule has 2 aromatic heterocycles. The fourth-order valence-corrected chi connectivity index (χ4v) is 3.97. The van der Waals surface area contributed by atoms with Crippen molar-refractivity contribution in [1.82, 2.24) is 19.6 Å². The number of aryl methyl sites for hydroxylation is 1. The molecule has 5 aromatic rings. The molecule has 11 heteroatoms. The Bertz CT molecular complexity index is 1660. The summed E-state index contributed by atoms with van der Waals surface area (Å²) < 4.78 is 43.9. The van der Waals surface area contributed by atoms with Crippen LogP contribution >= 0.6 is 0 Å². The van der Waals surface area contributed by atoms with Gasteiger partial charge >= 0.3 is 6.18 Å². The van der Waals surface area contributed by atoms with Gasteiger partial charge in [-0.25, -0.2) is 4.68 Å². The molecule has 0 radical (unpaired) electrons. The molecule has 0 fully saturated rings. The van der Waals surface area contributed by atoms with Gasteiger partial charge in [0.15, 0.2) is 0 Å². The third-order valence-electron chi connectivity index (χ3n) is 5.72. The number of carboxylic acids is 1.